The quantitative estimate of drug-likeness (QED) is 0.869. The first-order chi connectivity index (χ1) is 8.72. The lowest BCUT2D eigenvalue weighted by molar-refractivity contribution is 0.0630. The zero-order chi connectivity index (χ0) is 13.0. The highest BCUT2D eigenvalue weighted by Gasteiger charge is 2.28. The topological polar surface area (TPSA) is 38.1 Å². The molecule has 1 aromatic heterocycles. The second-order valence-electron chi connectivity index (χ2n) is 5.76. The van der Waals surface area contributed by atoms with Gasteiger partial charge in [-0.25, -0.2) is 4.98 Å². The van der Waals surface area contributed by atoms with Gasteiger partial charge in [0, 0.05) is 19.4 Å². The third kappa shape index (κ3) is 3.14. The van der Waals surface area contributed by atoms with E-state index >= 15 is 0 Å². The van der Waals surface area contributed by atoms with Gasteiger partial charge in [-0.1, -0.05) is 39.0 Å². The van der Waals surface area contributed by atoms with Crippen molar-refractivity contribution in [1.82, 2.24) is 9.55 Å². The van der Waals surface area contributed by atoms with E-state index in [0.717, 1.165) is 24.6 Å². The Labute approximate surface area is 110 Å². The number of aryl methyl sites for hydroxylation is 1. The van der Waals surface area contributed by atoms with Gasteiger partial charge in [-0.3, -0.25) is 0 Å². The van der Waals surface area contributed by atoms with Crippen LogP contribution in [0.2, 0.25) is 0 Å². The average molecular weight is 250 g/mol. The number of rotatable bonds is 5. The lowest BCUT2D eigenvalue weighted by atomic mass is 9.77. The Morgan fingerprint density at radius 2 is 2.11 bits per heavy atom. The number of nitrogens with zero attached hydrogens (tertiary/aromatic N) is 2. The van der Waals surface area contributed by atoms with Gasteiger partial charge >= 0.3 is 0 Å². The van der Waals surface area contributed by atoms with Crippen molar-refractivity contribution in [3.05, 3.63) is 18.2 Å². The summed E-state index contributed by atoms with van der Waals surface area (Å²) in [6, 6.07) is 0. The molecule has 3 nitrogen and oxygen atoms in total. The molecule has 0 aliphatic heterocycles. The van der Waals surface area contributed by atoms with Gasteiger partial charge in [0.15, 0.2) is 0 Å². The standard InChI is InChI=1S/C15H26N2O/c1-3-4-5-12-6-8-13(9-7-12)14(18)15-16-10-11-17(15)2/h10-14,18H,3-9H2,1-2H3. The van der Waals surface area contributed by atoms with Crippen LogP contribution in [0.5, 0.6) is 0 Å². The van der Waals surface area contributed by atoms with Crippen LogP contribution in [0, 0.1) is 11.8 Å². The maximum absolute atomic E-state index is 10.4. The van der Waals surface area contributed by atoms with E-state index in [-0.39, 0.29) is 6.10 Å². The summed E-state index contributed by atoms with van der Waals surface area (Å²) in [5.74, 6) is 2.13. The molecule has 0 aromatic carbocycles. The first kappa shape index (κ1) is 13.6. The van der Waals surface area contributed by atoms with Crippen molar-refractivity contribution in [2.75, 3.05) is 0 Å². The van der Waals surface area contributed by atoms with Gasteiger partial charge in [0.2, 0.25) is 0 Å². The Morgan fingerprint density at radius 1 is 1.39 bits per heavy atom. The van der Waals surface area contributed by atoms with Crippen LogP contribution in [0.1, 0.15) is 63.8 Å². The molecule has 2 rings (SSSR count). The fourth-order valence-corrected chi connectivity index (χ4v) is 3.16. The highest BCUT2D eigenvalue weighted by atomic mass is 16.3. The number of hydrogen-bond acceptors (Lipinski definition) is 2. The Hall–Kier alpha value is -0.830. The van der Waals surface area contributed by atoms with Crippen LogP contribution in [0.15, 0.2) is 12.4 Å². The van der Waals surface area contributed by atoms with Crippen LogP contribution in [-0.4, -0.2) is 14.7 Å². The maximum Gasteiger partial charge on any atom is 0.137 e. The average Bonchev–Trinajstić information content (AvgIpc) is 2.82. The Kier molecular flexibility index (Phi) is 4.81. The summed E-state index contributed by atoms with van der Waals surface area (Å²) in [7, 11) is 1.96. The van der Waals surface area contributed by atoms with Crippen molar-refractivity contribution in [3.8, 4) is 0 Å². The van der Waals surface area contributed by atoms with Crippen molar-refractivity contribution in [3.63, 3.8) is 0 Å². The predicted octanol–water partition coefficient (Wildman–Crippen LogP) is 3.45. The van der Waals surface area contributed by atoms with Gasteiger partial charge in [-0.2, -0.15) is 0 Å². The molecule has 1 unspecified atom stereocenters. The first-order valence-electron chi connectivity index (χ1n) is 7.37. The third-order valence-electron chi connectivity index (χ3n) is 4.43. The lowest BCUT2D eigenvalue weighted by Crippen LogP contribution is -2.22. The summed E-state index contributed by atoms with van der Waals surface area (Å²) in [5.41, 5.74) is 0. The summed E-state index contributed by atoms with van der Waals surface area (Å²) < 4.78 is 1.94. The fraction of sp³-hybridized carbons (Fsp3) is 0.800. The molecule has 18 heavy (non-hydrogen) atoms. The van der Waals surface area contributed by atoms with Crippen LogP contribution < -0.4 is 0 Å². The largest absolute Gasteiger partial charge is 0.385 e. The van der Waals surface area contributed by atoms with E-state index in [4.69, 9.17) is 0 Å². The zero-order valence-corrected chi connectivity index (χ0v) is 11.7. The lowest BCUT2D eigenvalue weighted by Gasteiger charge is -2.31. The van der Waals surface area contributed by atoms with Gasteiger partial charge in [-0.05, 0) is 24.7 Å². The van der Waals surface area contributed by atoms with Crippen molar-refractivity contribution >= 4 is 0 Å². The minimum Gasteiger partial charge on any atom is -0.385 e. The third-order valence-corrected chi connectivity index (χ3v) is 4.43. The van der Waals surface area contributed by atoms with Crippen molar-refractivity contribution in [2.45, 2.75) is 58.0 Å². The molecule has 1 N–H and O–H groups in total. The van der Waals surface area contributed by atoms with E-state index in [2.05, 4.69) is 11.9 Å². The minimum absolute atomic E-state index is 0.378. The van der Waals surface area contributed by atoms with Gasteiger partial charge in [0.05, 0.1) is 0 Å². The second-order valence-corrected chi connectivity index (χ2v) is 5.76. The first-order valence-corrected chi connectivity index (χ1v) is 7.37. The van der Waals surface area contributed by atoms with Crippen molar-refractivity contribution in [1.29, 1.82) is 0 Å². The summed E-state index contributed by atoms with van der Waals surface area (Å²) >= 11 is 0. The summed E-state index contributed by atoms with van der Waals surface area (Å²) in [6.07, 6.45) is 12.2. The SMILES string of the molecule is CCCCC1CCC(C(O)c2nccn2C)CC1. The van der Waals surface area contributed by atoms with Crippen molar-refractivity contribution in [2.24, 2.45) is 18.9 Å². The number of hydrogen-bond donors (Lipinski definition) is 1. The van der Waals surface area contributed by atoms with Crippen LogP contribution in [-0.2, 0) is 7.05 Å². The fourth-order valence-electron chi connectivity index (χ4n) is 3.16. The molecule has 1 aliphatic rings. The van der Waals surface area contributed by atoms with Gasteiger partial charge in [0.1, 0.15) is 11.9 Å². The maximum atomic E-state index is 10.4. The number of aliphatic hydroxyl groups excluding tert-OH is 1. The molecular weight excluding hydrogens is 224 g/mol. The summed E-state index contributed by atoms with van der Waals surface area (Å²) in [4.78, 5) is 4.27. The van der Waals surface area contributed by atoms with Crippen molar-refractivity contribution < 1.29 is 5.11 Å². The number of aromatic nitrogens is 2. The van der Waals surface area contributed by atoms with Crippen LogP contribution >= 0.6 is 0 Å². The molecule has 1 aromatic rings. The highest BCUT2D eigenvalue weighted by Crippen LogP contribution is 2.37. The Balaban J connectivity index is 1.84. The van der Waals surface area contributed by atoms with E-state index in [9.17, 15) is 5.11 Å². The number of aliphatic hydroxyl groups is 1. The zero-order valence-electron chi connectivity index (χ0n) is 11.7. The van der Waals surface area contributed by atoms with Gasteiger partial charge in [-0.15, -0.1) is 0 Å². The van der Waals surface area contributed by atoms with E-state index in [1.165, 1.54) is 32.1 Å². The Morgan fingerprint density at radius 3 is 2.67 bits per heavy atom. The molecule has 1 heterocycles. The molecular formula is C15H26N2O. The van der Waals surface area contributed by atoms with E-state index in [1.807, 2.05) is 17.8 Å². The molecule has 102 valence electrons. The number of unbranched alkanes of at least 4 members (excludes halogenated alkanes) is 1. The molecule has 3 heteroatoms. The van der Waals surface area contributed by atoms with Crippen LogP contribution in [0.25, 0.3) is 0 Å². The van der Waals surface area contributed by atoms with Gasteiger partial charge in [0.25, 0.3) is 0 Å². The predicted molar refractivity (Wildman–Crippen MR) is 73.1 cm³/mol. The Bertz CT molecular complexity index is 353. The molecule has 0 bridgehead atoms. The molecule has 1 atom stereocenters. The van der Waals surface area contributed by atoms with E-state index in [1.54, 1.807) is 6.20 Å². The summed E-state index contributed by atoms with van der Waals surface area (Å²) in [5, 5.41) is 10.4. The molecule has 0 spiro atoms. The molecule has 1 fully saturated rings. The highest BCUT2D eigenvalue weighted by molar-refractivity contribution is 4.98. The van der Waals surface area contributed by atoms with E-state index in [0.29, 0.717) is 5.92 Å². The monoisotopic (exact) mass is 250 g/mol. The molecule has 0 saturated heterocycles. The molecule has 1 saturated carbocycles. The molecule has 0 radical (unpaired) electrons. The molecule has 1 aliphatic carbocycles. The van der Waals surface area contributed by atoms with Crippen LogP contribution in [0.4, 0.5) is 0 Å². The van der Waals surface area contributed by atoms with E-state index < -0.39 is 0 Å². The minimum atomic E-state index is -0.378. The smallest absolute Gasteiger partial charge is 0.137 e. The summed E-state index contributed by atoms with van der Waals surface area (Å²) in [6.45, 7) is 2.26. The normalized spacial score (nSPS) is 26.2. The van der Waals surface area contributed by atoms with Gasteiger partial charge < -0.3 is 9.67 Å². The number of imidazole rings is 1. The molecule has 0 amide bonds. The second kappa shape index (κ2) is 6.37. The van der Waals surface area contributed by atoms with Crippen LogP contribution in [0.3, 0.4) is 0 Å².